The summed E-state index contributed by atoms with van der Waals surface area (Å²) in [6.07, 6.45) is 0. The van der Waals surface area contributed by atoms with E-state index in [1.54, 1.807) is 0 Å². The average molecular weight is 742 g/mol. The van der Waals surface area contributed by atoms with Crippen LogP contribution in [0.25, 0.3) is 88.4 Å². The molecule has 0 unspecified atom stereocenters. The summed E-state index contributed by atoms with van der Waals surface area (Å²) in [5, 5.41) is 4.90. The van der Waals surface area contributed by atoms with Gasteiger partial charge in [0.15, 0.2) is 0 Å². The van der Waals surface area contributed by atoms with Crippen LogP contribution in [0.4, 0.5) is 11.4 Å². The molecule has 0 saturated carbocycles. The van der Waals surface area contributed by atoms with Crippen molar-refractivity contribution < 1.29 is 0 Å². The number of hydrogen-bond donors (Lipinski definition) is 0. The van der Waals surface area contributed by atoms with E-state index in [2.05, 4.69) is 239 Å². The topological polar surface area (TPSA) is 13.1 Å². The molecule has 2 aromatic heterocycles. The molecule has 2 heterocycles. The Morgan fingerprint density at radius 2 is 0.776 bits per heavy atom. The van der Waals surface area contributed by atoms with Gasteiger partial charge in [0.25, 0.3) is 0 Å². The molecule has 0 spiro atoms. The molecular weight excluding hydrogens is 703 g/mol. The van der Waals surface area contributed by atoms with Gasteiger partial charge in [-0.05, 0) is 71.3 Å². The van der Waals surface area contributed by atoms with Crippen molar-refractivity contribution in [2.24, 2.45) is 0 Å². The molecule has 0 aliphatic heterocycles. The second kappa shape index (κ2) is 13.8. The largest absolute Gasteiger partial charge is 0.344 e. The Morgan fingerprint density at radius 1 is 0.328 bits per heavy atom. The molecule has 0 aliphatic rings. The van der Waals surface area contributed by atoms with Crippen molar-refractivity contribution in [1.82, 2.24) is 9.13 Å². The first kappa shape index (κ1) is 33.7. The van der Waals surface area contributed by atoms with Gasteiger partial charge in [-0.2, -0.15) is 0 Å². The number of hydrogen-bond acceptors (Lipinski definition) is 1. The number of anilines is 2. The normalized spacial score (nSPS) is 11.5. The number of fused-ring (bicyclic) bond motifs is 6. The highest BCUT2D eigenvalue weighted by Gasteiger charge is 2.21. The zero-order valence-corrected chi connectivity index (χ0v) is 32.1. The summed E-state index contributed by atoms with van der Waals surface area (Å²) in [4.78, 5) is 2.31. The first-order chi connectivity index (χ1) is 28.7. The van der Waals surface area contributed by atoms with Crippen LogP contribution in [0, 0.1) is 0 Å². The number of para-hydroxylation sites is 4. The predicted molar refractivity (Wildman–Crippen MR) is 246 cm³/mol. The zero-order chi connectivity index (χ0) is 38.6. The van der Waals surface area contributed by atoms with E-state index in [9.17, 15) is 0 Å². The smallest absolute Gasteiger partial charge is 0.0618 e. The standard InChI is InChI=1S/C55H39N3/c1-56(50-29-14-11-24-43(50)38-18-5-2-6-19-38)41-32-34-53-48(36-41)46-25-12-15-30-51(46)57(53)42-33-35-54-49(37-42)47-26-13-16-31-52(47)58(54)55-44(39-20-7-3-8-21-39)27-17-28-45(55)40-22-9-4-10-23-40/h2-37H,1H3. The summed E-state index contributed by atoms with van der Waals surface area (Å²) >= 11 is 0. The van der Waals surface area contributed by atoms with Crippen molar-refractivity contribution in [2.75, 3.05) is 11.9 Å². The molecule has 0 atom stereocenters. The molecule has 58 heavy (non-hydrogen) atoms. The highest BCUT2D eigenvalue weighted by Crippen LogP contribution is 2.43. The van der Waals surface area contributed by atoms with Crippen LogP contribution in [0.3, 0.4) is 0 Å². The van der Waals surface area contributed by atoms with E-state index < -0.39 is 0 Å². The van der Waals surface area contributed by atoms with Gasteiger partial charge < -0.3 is 14.0 Å². The Morgan fingerprint density at radius 3 is 1.41 bits per heavy atom. The van der Waals surface area contributed by atoms with Crippen LogP contribution < -0.4 is 4.90 Å². The predicted octanol–water partition coefficient (Wildman–Crippen LogP) is 14.6. The average Bonchev–Trinajstić information content (AvgIpc) is 3.81. The van der Waals surface area contributed by atoms with Crippen LogP contribution in [0.1, 0.15) is 0 Å². The molecule has 0 fully saturated rings. The van der Waals surface area contributed by atoms with Gasteiger partial charge in [-0.1, -0.05) is 164 Å². The molecule has 9 aromatic carbocycles. The number of nitrogens with zero attached hydrogens (tertiary/aromatic N) is 3. The summed E-state index contributed by atoms with van der Waals surface area (Å²) in [6, 6.07) is 79.1. The van der Waals surface area contributed by atoms with Gasteiger partial charge >= 0.3 is 0 Å². The van der Waals surface area contributed by atoms with E-state index in [1.165, 1.54) is 88.4 Å². The minimum Gasteiger partial charge on any atom is -0.344 e. The van der Waals surface area contributed by atoms with E-state index in [0.717, 1.165) is 11.4 Å². The molecule has 3 heteroatoms. The quantitative estimate of drug-likeness (QED) is 0.159. The van der Waals surface area contributed by atoms with Crippen LogP contribution >= 0.6 is 0 Å². The highest BCUT2D eigenvalue weighted by molar-refractivity contribution is 6.13. The van der Waals surface area contributed by atoms with E-state index in [-0.39, 0.29) is 0 Å². The van der Waals surface area contributed by atoms with E-state index in [4.69, 9.17) is 0 Å². The maximum atomic E-state index is 2.49. The first-order valence-corrected chi connectivity index (χ1v) is 19.9. The fourth-order valence-electron chi connectivity index (χ4n) is 9.04. The third kappa shape index (κ3) is 5.43. The van der Waals surface area contributed by atoms with Crippen molar-refractivity contribution in [3.05, 3.63) is 218 Å². The minimum atomic E-state index is 1.14. The lowest BCUT2D eigenvalue weighted by Crippen LogP contribution is -2.10. The molecule has 0 N–H and O–H groups in total. The van der Waals surface area contributed by atoms with Crippen LogP contribution in [0.15, 0.2) is 218 Å². The molecule has 0 bridgehead atoms. The van der Waals surface area contributed by atoms with Gasteiger partial charge in [-0.15, -0.1) is 0 Å². The molecule has 11 aromatic rings. The second-order valence-corrected chi connectivity index (χ2v) is 15.0. The SMILES string of the molecule is CN(c1ccc2c(c1)c1ccccc1n2-c1ccc2c(c1)c1ccccc1n2-c1c(-c2ccccc2)cccc1-c1ccccc1)c1ccccc1-c1ccccc1. The Kier molecular flexibility index (Phi) is 8.04. The van der Waals surface area contributed by atoms with E-state index in [1.807, 2.05) is 0 Å². The Hall–Kier alpha value is -7.62. The third-order valence-corrected chi connectivity index (χ3v) is 11.7. The zero-order valence-electron chi connectivity index (χ0n) is 32.1. The second-order valence-electron chi connectivity index (χ2n) is 15.0. The molecule has 274 valence electrons. The number of aromatic nitrogens is 2. The minimum absolute atomic E-state index is 1.14. The highest BCUT2D eigenvalue weighted by atomic mass is 15.1. The van der Waals surface area contributed by atoms with E-state index >= 15 is 0 Å². The molecule has 3 nitrogen and oxygen atoms in total. The molecular formula is C55H39N3. The third-order valence-electron chi connectivity index (χ3n) is 11.7. The monoisotopic (exact) mass is 741 g/mol. The van der Waals surface area contributed by atoms with Crippen molar-refractivity contribution in [2.45, 2.75) is 0 Å². The lowest BCUT2D eigenvalue weighted by atomic mass is 9.95. The van der Waals surface area contributed by atoms with Crippen molar-refractivity contribution in [3.8, 4) is 44.8 Å². The maximum absolute atomic E-state index is 2.49. The fraction of sp³-hybridized carbons (Fsp3) is 0.0182. The molecule has 0 aliphatic carbocycles. The lowest BCUT2D eigenvalue weighted by Gasteiger charge is -2.23. The Labute approximate surface area is 337 Å². The van der Waals surface area contributed by atoms with E-state index in [0.29, 0.717) is 0 Å². The van der Waals surface area contributed by atoms with Crippen LogP contribution in [0.2, 0.25) is 0 Å². The molecule has 0 amide bonds. The summed E-state index contributed by atoms with van der Waals surface area (Å²) in [7, 11) is 2.17. The molecule has 0 radical (unpaired) electrons. The van der Waals surface area contributed by atoms with Crippen molar-refractivity contribution in [1.29, 1.82) is 0 Å². The summed E-state index contributed by atoms with van der Waals surface area (Å²) in [5.74, 6) is 0. The summed E-state index contributed by atoms with van der Waals surface area (Å²) < 4.78 is 4.92. The fourth-order valence-corrected chi connectivity index (χ4v) is 9.04. The van der Waals surface area contributed by atoms with Crippen molar-refractivity contribution >= 4 is 55.0 Å². The Bertz CT molecular complexity index is 3230. The van der Waals surface area contributed by atoms with Crippen LogP contribution in [-0.2, 0) is 0 Å². The van der Waals surface area contributed by atoms with Crippen LogP contribution in [-0.4, -0.2) is 16.2 Å². The van der Waals surface area contributed by atoms with Gasteiger partial charge in [-0.25, -0.2) is 0 Å². The maximum Gasteiger partial charge on any atom is 0.0618 e. The number of benzene rings is 9. The van der Waals surface area contributed by atoms with Gasteiger partial charge in [0, 0.05) is 62.3 Å². The number of rotatable bonds is 7. The molecule has 11 rings (SSSR count). The van der Waals surface area contributed by atoms with Crippen LogP contribution in [0.5, 0.6) is 0 Å². The summed E-state index contributed by atoms with van der Waals surface area (Å²) in [6.45, 7) is 0. The van der Waals surface area contributed by atoms with Gasteiger partial charge in [0.1, 0.15) is 0 Å². The molecule has 0 saturated heterocycles. The van der Waals surface area contributed by atoms with Gasteiger partial charge in [0.05, 0.1) is 27.8 Å². The van der Waals surface area contributed by atoms with Gasteiger partial charge in [0.2, 0.25) is 0 Å². The first-order valence-electron chi connectivity index (χ1n) is 19.9. The lowest BCUT2D eigenvalue weighted by molar-refractivity contribution is 1.16. The van der Waals surface area contributed by atoms with Gasteiger partial charge in [-0.3, -0.25) is 0 Å². The van der Waals surface area contributed by atoms with Crippen molar-refractivity contribution in [3.63, 3.8) is 0 Å². The Balaban J connectivity index is 1.11. The summed E-state index contributed by atoms with van der Waals surface area (Å²) in [5.41, 5.74) is 16.5.